The van der Waals surface area contributed by atoms with Crippen molar-refractivity contribution < 1.29 is 9.47 Å². The molecular formula is C18H23N5O2. The standard InChI is InChI=1S/C18H23N5O2/c1-14-2-4-15(5-3-14)12-19-17-21-16(13-20-22-17)23-8-6-18(7-9-23)24-10-11-25-18/h2-5,13H,6-12H2,1H3,(H,19,21,22). The molecule has 25 heavy (non-hydrogen) atoms. The van der Waals surface area contributed by atoms with Crippen LogP contribution in [0.1, 0.15) is 24.0 Å². The minimum absolute atomic E-state index is 0.372. The summed E-state index contributed by atoms with van der Waals surface area (Å²) in [7, 11) is 0. The molecule has 0 aliphatic carbocycles. The number of hydrogen-bond donors (Lipinski definition) is 1. The van der Waals surface area contributed by atoms with Crippen molar-refractivity contribution in [3.05, 3.63) is 41.6 Å². The SMILES string of the molecule is Cc1ccc(CNc2nncc(N3CCC4(CC3)OCCO4)n2)cc1. The van der Waals surface area contributed by atoms with Gasteiger partial charge in [0.05, 0.1) is 19.4 Å². The van der Waals surface area contributed by atoms with Gasteiger partial charge < -0.3 is 19.7 Å². The van der Waals surface area contributed by atoms with E-state index in [-0.39, 0.29) is 5.79 Å². The van der Waals surface area contributed by atoms with E-state index in [4.69, 9.17) is 9.47 Å². The van der Waals surface area contributed by atoms with Gasteiger partial charge in [0.25, 0.3) is 0 Å². The topological polar surface area (TPSA) is 72.4 Å². The van der Waals surface area contributed by atoms with E-state index in [1.54, 1.807) is 6.20 Å². The highest BCUT2D eigenvalue weighted by molar-refractivity contribution is 5.41. The Morgan fingerprint density at radius 1 is 1.12 bits per heavy atom. The molecule has 2 aliphatic heterocycles. The van der Waals surface area contributed by atoms with Crippen molar-refractivity contribution in [1.82, 2.24) is 15.2 Å². The lowest BCUT2D eigenvalue weighted by atomic mass is 10.0. The lowest BCUT2D eigenvalue weighted by Gasteiger charge is -2.37. The van der Waals surface area contributed by atoms with Crippen molar-refractivity contribution in [3.63, 3.8) is 0 Å². The molecule has 7 heteroatoms. The Labute approximate surface area is 147 Å². The first kappa shape index (κ1) is 16.2. The Balaban J connectivity index is 1.37. The molecule has 7 nitrogen and oxygen atoms in total. The molecule has 132 valence electrons. The zero-order valence-electron chi connectivity index (χ0n) is 14.4. The number of ether oxygens (including phenoxy) is 2. The van der Waals surface area contributed by atoms with Gasteiger partial charge in [-0.25, -0.2) is 0 Å². The summed E-state index contributed by atoms with van der Waals surface area (Å²) in [6.07, 6.45) is 3.41. The maximum absolute atomic E-state index is 5.78. The Bertz CT molecular complexity index is 706. The van der Waals surface area contributed by atoms with Gasteiger partial charge in [0, 0.05) is 32.5 Å². The summed E-state index contributed by atoms with van der Waals surface area (Å²) in [5, 5.41) is 11.4. The van der Waals surface area contributed by atoms with E-state index in [2.05, 4.69) is 56.6 Å². The number of nitrogens with one attached hydrogen (secondary N) is 1. The van der Waals surface area contributed by atoms with Crippen molar-refractivity contribution in [2.75, 3.05) is 36.5 Å². The van der Waals surface area contributed by atoms with Crippen molar-refractivity contribution in [3.8, 4) is 0 Å². The van der Waals surface area contributed by atoms with Gasteiger partial charge in [-0.2, -0.15) is 10.1 Å². The van der Waals surface area contributed by atoms with Crippen LogP contribution < -0.4 is 10.2 Å². The van der Waals surface area contributed by atoms with E-state index >= 15 is 0 Å². The molecule has 1 aromatic heterocycles. The van der Waals surface area contributed by atoms with Gasteiger partial charge in [-0.05, 0) is 12.5 Å². The van der Waals surface area contributed by atoms with Gasteiger partial charge in [0.15, 0.2) is 11.6 Å². The number of aryl methyl sites for hydroxylation is 1. The molecule has 0 bridgehead atoms. The lowest BCUT2D eigenvalue weighted by molar-refractivity contribution is -0.169. The summed E-state index contributed by atoms with van der Waals surface area (Å²) in [5.74, 6) is 1.02. The van der Waals surface area contributed by atoms with Crippen LogP contribution in [0.25, 0.3) is 0 Å². The third-order valence-electron chi connectivity index (χ3n) is 4.78. The maximum atomic E-state index is 5.78. The Morgan fingerprint density at radius 2 is 1.84 bits per heavy atom. The molecule has 1 spiro atoms. The quantitative estimate of drug-likeness (QED) is 0.913. The number of aromatic nitrogens is 3. The highest BCUT2D eigenvalue weighted by Crippen LogP contribution is 2.32. The summed E-state index contributed by atoms with van der Waals surface area (Å²) >= 11 is 0. The van der Waals surface area contributed by atoms with Crippen LogP contribution >= 0.6 is 0 Å². The van der Waals surface area contributed by atoms with Crippen LogP contribution in [-0.4, -0.2) is 47.3 Å². The van der Waals surface area contributed by atoms with Crippen molar-refractivity contribution in [2.45, 2.75) is 32.1 Å². The largest absolute Gasteiger partial charge is 0.355 e. The van der Waals surface area contributed by atoms with Gasteiger partial charge in [0.1, 0.15) is 0 Å². The van der Waals surface area contributed by atoms with Crippen molar-refractivity contribution in [2.24, 2.45) is 0 Å². The fourth-order valence-electron chi connectivity index (χ4n) is 3.27. The Hall–Kier alpha value is -2.25. The van der Waals surface area contributed by atoms with E-state index in [0.29, 0.717) is 25.7 Å². The van der Waals surface area contributed by atoms with Crippen LogP contribution in [0.4, 0.5) is 11.8 Å². The number of piperidine rings is 1. The van der Waals surface area contributed by atoms with E-state index < -0.39 is 0 Å². The number of nitrogens with zero attached hydrogens (tertiary/aromatic N) is 4. The van der Waals surface area contributed by atoms with Crippen LogP contribution in [0, 0.1) is 6.92 Å². The average molecular weight is 341 g/mol. The summed E-state index contributed by atoms with van der Waals surface area (Å²) in [4.78, 5) is 6.81. The van der Waals surface area contributed by atoms with Crippen LogP contribution in [0.5, 0.6) is 0 Å². The Morgan fingerprint density at radius 3 is 2.56 bits per heavy atom. The third-order valence-corrected chi connectivity index (χ3v) is 4.78. The molecule has 0 atom stereocenters. The number of hydrogen-bond acceptors (Lipinski definition) is 7. The normalized spacial score (nSPS) is 19.3. The van der Waals surface area contributed by atoms with Crippen molar-refractivity contribution in [1.29, 1.82) is 0 Å². The fraction of sp³-hybridized carbons (Fsp3) is 0.500. The summed E-state index contributed by atoms with van der Waals surface area (Å²) in [5.41, 5.74) is 2.44. The molecule has 0 radical (unpaired) electrons. The van der Waals surface area contributed by atoms with Gasteiger partial charge in [0.2, 0.25) is 5.95 Å². The van der Waals surface area contributed by atoms with E-state index in [0.717, 1.165) is 31.7 Å². The molecular weight excluding hydrogens is 318 g/mol. The lowest BCUT2D eigenvalue weighted by Crippen LogP contribution is -2.45. The molecule has 1 aromatic carbocycles. The third kappa shape index (κ3) is 3.72. The molecule has 2 saturated heterocycles. The summed E-state index contributed by atoms with van der Waals surface area (Å²) in [6, 6.07) is 8.41. The number of anilines is 2. The second kappa shape index (κ2) is 6.93. The molecule has 2 aromatic rings. The van der Waals surface area contributed by atoms with Crippen LogP contribution in [0.2, 0.25) is 0 Å². The molecule has 2 aliphatic rings. The minimum Gasteiger partial charge on any atom is -0.355 e. The van der Waals surface area contributed by atoms with E-state index in [1.165, 1.54) is 11.1 Å². The molecule has 3 heterocycles. The van der Waals surface area contributed by atoms with Gasteiger partial charge >= 0.3 is 0 Å². The first-order valence-corrected chi connectivity index (χ1v) is 8.74. The zero-order valence-corrected chi connectivity index (χ0v) is 14.4. The first-order chi connectivity index (χ1) is 12.2. The second-order valence-corrected chi connectivity index (χ2v) is 6.57. The van der Waals surface area contributed by atoms with E-state index in [9.17, 15) is 0 Å². The van der Waals surface area contributed by atoms with E-state index in [1.807, 2.05) is 0 Å². The van der Waals surface area contributed by atoms with Crippen LogP contribution in [0.3, 0.4) is 0 Å². The highest BCUT2D eigenvalue weighted by atomic mass is 16.7. The fourth-order valence-corrected chi connectivity index (χ4v) is 3.27. The van der Waals surface area contributed by atoms with Gasteiger partial charge in [-0.1, -0.05) is 29.8 Å². The molecule has 0 amide bonds. The predicted octanol–water partition coefficient (Wildman–Crippen LogP) is 2.14. The number of rotatable bonds is 4. The number of benzene rings is 1. The monoisotopic (exact) mass is 341 g/mol. The minimum atomic E-state index is -0.372. The zero-order chi connectivity index (χ0) is 17.1. The molecule has 0 unspecified atom stereocenters. The molecule has 4 rings (SSSR count). The summed E-state index contributed by atoms with van der Waals surface area (Å²) in [6.45, 7) is 5.84. The predicted molar refractivity (Wildman–Crippen MR) is 94.4 cm³/mol. The van der Waals surface area contributed by atoms with Gasteiger partial charge in [-0.3, -0.25) is 0 Å². The van der Waals surface area contributed by atoms with Gasteiger partial charge in [-0.15, -0.1) is 5.10 Å². The Kier molecular flexibility index (Phi) is 4.50. The highest BCUT2D eigenvalue weighted by Gasteiger charge is 2.40. The second-order valence-electron chi connectivity index (χ2n) is 6.57. The summed E-state index contributed by atoms with van der Waals surface area (Å²) < 4.78 is 11.6. The maximum Gasteiger partial charge on any atom is 0.244 e. The average Bonchev–Trinajstić information content (AvgIpc) is 3.10. The van der Waals surface area contributed by atoms with Crippen LogP contribution in [0.15, 0.2) is 30.5 Å². The van der Waals surface area contributed by atoms with Crippen molar-refractivity contribution >= 4 is 11.8 Å². The first-order valence-electron chi connectivity index (χ1n) is 8.74. The van der Waals surface area contributed by atoms with Crippen LogP contribution in [-0.2, 0) is 16.0 Å². The molecule has 1 N–H and O–H groups in total. The molecule has 0 saturated carbocycles. The molecule has 2 fully saturated rings. The smallest absolute Gasteiger partial charge is 0.244 e.